The highest BCUT2D eigenvalue weighted by atomic mass is 32.2. The molecule has 138 valence electrons. The van der Waals surface area contributed by atoms with Crippen molar-refractivity contribution in [2.75, 3.05) is 24.2 Å². The minimum Gasteiger partial charge on any atom is -0.357 e. The van der Waals surface area contributed by atoms with Crippen LogP contribution >= 0.6 is 0 Å². The predicted molar refractivity (Wildman–Crippen MR) is 103 cm³/mol. The van der Waals surface area contributed by atoms with Crippen LogP contribution in [0.25, 0.3) is 5.78 Å². The smallest absolute Gasteiger partial charge is 0.254 e. The minimum atomic E-state index is -2.69. The minimum absolute atomic E-state index is 0.548. The largest absolute Gasteiger partial charge is 0.357 e. The van der Waals surface area contributed by atoms with Crippen LogP contribution in [0.1, 0.15) is 30.7 Å². The van der Waals surface area contributed by atoms with Gasteiger partial charge in [0.2, 0.25) is 0 Å². The van der Waals surface area contributed by atoms with E-state index in [1.54, 1.807) is 16.6 Å². The van der Waals surface area contributed by atoms with Crippen LogP contribution in [-0.2, 0) is 16.1 Å². The van der Waals surface area contributed by atoms with E-state index < -0.39 is 9.73 Å². The Labute approximate surface area is 154 Å². The third kappa shape index (κ3) is 3.41. The first-order valence-corrected chi connectivity index (χ1v) is 10.6. The van der Waals surface area contributed by atoms with Crippen molar-refractivity contribution in [2.45, 2.75) is 32.1 Å². The number of nitrogens with one attached hydrogen (secondary N) is 1. The van der Waals surface area contributed by atoms with Crippen LogP contribution < -0.4 is 4.90 Å². The monoisotopic (exact) mass is 372 g/mol. The Kier molecular flexibility index (Phi) is 4.95. The zero-order chi connectivity index (χ0) is 18.9. The predicted octanol–water partition coefficient (Wildman–Crippen LogP) is 2.91. The van der Waals surface area contributed by atoms with Gasteiger partial charge in [-0.2, -0.15) is 14.6 Å². The summed E-state index contributed by atoms with van der Waals surface area (Å²) in [5, 5.41) is 4.36. The normalized spacial score (nSPS) is 13.7. The van der Waals surface area contributed by atoms with Crippen LogP contribution in [-0.4, -0.2) is 43.1 Å². The maximum Gasteiger partial charge on any atom is 0.254 e. The van der Waals surface area contributed by atoms with Crippen molar-refractivity contribution in [1.29, 1.82) is 4.78 Å². The molecule has 1 unspecified atom stereocenters. The molecule has 0 aliphatic rings. The number of aromatic nitrogens is 4. The van der Waals surface area contributed by atoms with Gasteiger partial charge in [-0.15, -0.1) is 0 Å². The fraction of sp³-hybridized carbons (Fsp3) is 0.389. The van der Waals surface area contributed by atoms with Gasteiger partial charge < -0.3 is 4.90 Å². The Morgan fingerprint density at radius 1 is 1.19 bits per heavy atom. The molecule has 7 nitrogen and oxygen atoms in total. The van der Waals surface area contributed by atoms with Gasteiger partial charge in [0.1, 0.15) is 12.1 Å². The lowest BCUT2D eigenvalue weighted by Gasteiger charge is -2.25. The van der Waals surface area contributed by atoms with E-state index in [1.807, 2.05) is 19.1 Å². The van der Waals surface area contributed by atoms with E-state index in [0.717, 1.165) is 35.7 Å². The van der Waals surface area contributed by atoms with Crippen molar-refractivity contribution in [1.82, 2.24) is 19.6 Å². The Hall–Kier alpha value is -2.48. The molecule has 0 saturated heterocycles. The van der Waals surface area contributed by atoms with Crippen LogP contribution in [0.3, 0.4) is 0 Å². The average Bonchev–Trinajstić information content (AvgIpc) is 3.05. The lowest BCUT2D eigenvalue weighted by molar-refractivity contribution is 0.679. The first-order chi connectivity index (χ1) is 12.3. The van der Waals surface area contributed by atoms with Gasteiger partial charge in [0, 0.05) is 41.9 Å². The van der Waals surface area contributed by atoms with Gasteiger partial charge in [0.15, 0.2) is 0 Å². The van der Waals surface area contributed by atoms with Crippen molar-refractivity contribution in [2.24, 2.45) is 0 Å². The summed E-state index contributed by atoms with van der Waals surface area (Å²) in [6, 6.07) is 7.42. The Balaban J connectivity index is 2.09. The summed E-state index contributed by atoms with van der Waals surface area (Å²) in [5.41, 5.74) is 3.11. The van der Waals surface area contributed by atoms with E-state index in [9.17, 15) is 4.21 Å². The van der Waals surface area contributed by atoms with Gasteiger partial charge >= 0.3 is 0 Å². The number of hydrogen-bond donors (Lipinski definition) is 1. The summed E-state index contributed by atoms with van der Waals surface area (Å²) < 4.78 is 21.4. The molecule has 2 heterocycles. The van der Waals surface area contributed by atoms with Crippen LogP contribution in [0.4, 0.5) is 5.82 Å². The van der Waals surface area contributed by atoms with E-state index in [4.69, 9.17) is 4.78 Å². The topological polar surface area (TPSA) is 87.2 Å². The Bertz CT molecular complexity index is 1020. The van der Waals surface area contributed by atoms with Crippen LogP contribution in [0, 0.1) is 11.7 Å². The molecule has 2 aromatic heterocycles. The molecule has 0 saturated carbocycles. The maximum atomic E-state index is 11.9. The molecule has 3 aromatic rings. The molecule has 0 amide bonds. The van der Waals surface area contributed by atoms with Crippen molar-refractivity contribution in [3.8, 4) is 0 Å². The molecule has 3 rings (SSSR count). The summed E-state index contributed by atoms with van der Waals surface area (Å²) in [5.74, 6) is 1.61. The number of fused-ring (bicyclic) bond motifs is 1. The van der Waals surface area contributed by atoms with Crippen molar-refractivity contribution < 1.29 is 4.21 Å². The van der Waals surface area contributed by atoms with Crippen LogP contribution in [0.15, 0.2) is 35.5 Å². The summed E-state index contributed by atoms with van der Waals surface area (Å²) in [7, 11) is -2.69. The zero-order valence-corrected chi connectivity index (χ0v) is 16.4. The van der Waals surface area contributed by atoms with Gasteiger partial charge in [-0.1, -0.05) is 12.1 Å². The zero-order valence-electron chi connectivity index (χ0n) is 15.6. The van der Waals surface area contributed by atoms with Gasteiger partial charge in [0.05, 0.1) is 9.73 Å². The maximum absolute atomic E-state index is 11.9. The second-order valence-electron chi connectivity index (χ2n) is 6.31. The fourth-order valence-electron chi connectivity index (χ4n) is 3.09. The molecular formula is C18H24N6OS. The molecule has 0 spiro atoms. The van der Waals surface area contributed by atoms with E-state index >= 15 is 0 Å². The molecule has 1 N–H and O–H groups in total. The molecule has 1 aromatic carbocycles. The summed E-state index contributed by atoms with van der Waals surface area (Å²) in [4.78, 5) is 11.6. The Morgan fingerprint density at radius 3 is 2.42 bits per heavy atom. The third-order valence-electron chi connectivity index (χ3n) is 4.52. The summed E-state index contributed by atoms with van der Waals surface area (Å²) in [6.45, 7) is 7.95. The van der Waals surface area contributed by atoms with E-state index in [-0.39, 0.29) is 0 Å². The standard InChI is InChI=1S/C18H24N6OS/c1-5-23(6-2)17-16(13(3)22-18-20-12-21-24(17)18)11-14-7-9-15(10-8-14)26(4,19)25/h7-10,12,19H,5-6,11H2,1-4H3. The summed E-state index contributed by atoms with van der Waals surface area (Å²) >= 11 is 0. The number of anilines is 1. The van der Waals surface area contributed by atoms with E-state index in [2.05, 4.69) is 33.8 Å². The number of nitrogens with zero attached hydrogens (tertiary/aromatic N) is 5. The van der Waals surface area contributed by atoms with Gasteiger partial charge in [-0.25, -0.2) is 14.0 Å². The lowest BCUT2D eigenvalue weighted by atomic mass is 10.0. The lowest BCUT2D eigenvalue weighted by Crippen LogP contribution is -2.27. The van der Waals surface area contributed by atoms with E-state index in [1.165, 1.54) is 12.6 Å². The molecule has 0 bridgehead atoms. The van der Waals surface area contributed by atoms with Crippen molar-refractivity contribution in [3.63, 3.8) is 0 Å². The number of rotatable bonds is 6. The molecular weight excluding hydrogens is 348 g/mol. The average molecular weight is 372 g/mol. The first kappa shape index (κ1) is 18.3. The third-order valence-corrected chi connectivity index (χ3v) is 5.69. The van der Waals surface area contributed by atoms with Crippen LogP contribution in [0.2, 0.25) is 0 Å². The molecule has 0 radical (unpaired) electrons. The van der Waals surface area contributed by atoms with Gasteiger partial charge in [-0.3, -0.25) is 0 Å². The van der Waals surface area contributed by atoms with Gasteiger partial charge in [-0.05, 0) is 38.5 Å². The van der Waals surface area contributed by atoms with Crippen LogP contribution in [0.5, 0.6) is 0 Å². The number of hydrogen-bond acceptors (Lipinski definition) is 6. The molecule has 1 atom stereocenters. The van der Waals surface area contributed by atoms with Crippen molar-refractivity contribution >= 4 is 21.3 Å². The molecule has 26 heavy (non-hydrogen) atoms. The highest BCUT2D eigenvalue weighted by Gasteiger charge is 2.19. The van der Waals surface area contributed by atoms with Crippen molar-refractivity contribution in [3.05, 3.63) is 47.4 Å². The first-order valence-electron chi connectivity index (χ1n) is 8.62. The second kappa shape index (κ2) is 7.03. The molecule has 0 fully saturated rings. The number of benzene rings is 1. The molecule has 8 heteroatoms. The molecule has 0 aliphatic heterocycles. The fourth-order valence-corrected chi connectivity index (χ4v) is 3.75. The van der Waals surface area contributed by atoms with Gasteiger partial charge in [0.25, 0.3) is 5.78 Å². The quantitative estimate of drug-likeness (QED) is 0.719. The highest BCUT2D eigenvalue weighted by Crippen LogP contribution is 2.26. The van der Waals surface area contributed by atoms with E-state index in [0.29, 0.717) is 17.1 Å². The number of aryl methyl sites for hydroxylation is 1. The highest BCUT2D eigenvalue weighted by molar-refractivity contribution is 7.91. The SMILES string of the molecule is CCN(CC)c1c(Cc2ccc(S(C)(=N)=O)cc2)c(C)nc2ncnn12. The second-order valence-corrected chi connectivity index (χ2v) is 8.47. The Morgan fingerprint density at radius 2 is 1.85 bits per heavy atom. The molecule has 0 aliphatic carbocycles. The summed E-state index contributed by atoms with van der Waals surface area (Å²) in [6.07, 6.45) is 3.65.